The van der Waals surface area contributed by atoms with Crippen molar-refractivity contribution in [2.24, 2.45) is 16.6 Å². The van der Waals surface area contributed by atoms with Gasteiger partial charge in [0.1, 0.15) is 11.6 Å². The van der Waals surface area contributed by atoms with Crippen LogP contribution in [0.2, 0.25) is 0 Å². The van der Waals surface area contributed by atoms with Gasteiger partial charge in [0.25, 0.3) is 0 Å². The smallest absolute Gasteiger partial charge is 0.248 e. The lowest BCUT2D eigenvalue weighted by molar-refractivity contribution is -0.107. The molecule has 1 aromatic rings. The molecule has 0 saturated heterocycles. The zero-order valence-electron chi connectivity index (χ0n) is 10.4. The number of nitrogens with zero attached hydrogens (tertiary/aromatic N) is 1. The van der Waals surface area contributed by atoms with E-state index in [1.165, 1.54) is 0 Å². The van der Waals surface area contributed by atoms with Crippen molar-refractivity contribution in [1.29, 1.82) is 0 Å². The Balaban J connectivity index is 0.00000200. The zero-order valence-corrected chi connectivity index (χ0v) is 12.7. The molecule has 0 bridgehead atoms. The average Bonchev–Trinajstić information content (AvgIpc) is 2.28. The van der Waals surface area contributed by atoms with Crippen molar-refractivity contribution in [1.82, 2.24) is 0 Å². The van der Waals surface area contributed by atoms with Gasteiger partial charge in [0, 0.05) is 25.5 Å². The number of hydrogen-bond acceptors (Lipinski definition) is 1. The molecule has 1 aliphatic carbocycles. The standard InChI is InChI=1S/C12H13F4N3.HI/c13-8-1-2-9(14)10(3-8)19-11(17)18-6-7-4-12(15,16)5-7;/h1-3,7H,4-6H2,(H3,17,18,19);1H. The lowest BCUT2D eigenvalue weighted by Crippen LogP contribution is -2.37. The van der Waals surface area contributed by atoms with Gasteiger partial charge in [0.2, 0.25) is 5.92 Å². The summed E-state index contributed by atoms with van der Waals surface area (Å²) in [6.07, 6.45) is -0.420. The average molecular weight is 403 g/mol. The van der Waals surface area contributed by atoms with Crippen LogP contribution in [-0.2, 0) is 0 Å². The summed E-state index contributed by atoms with van der Waals surface area (Å²) < 4.78 is 51.3. The van der Waals surface area contributed by atoms with E-state index < -0.39 is 17.6 Å². The van der Waals surface area contributed by atoms with Crippen LogP contribution < -0.4 is 11.1 Å². The molecule has 1 aliphatic rings. The Morgan fingerprint density at radius 3 is 2.60 bits per heavy atom. The first kappa shape index (κ1) is 17.0. The lowest BCUT2D eigenvalue weighted by atomic mass is 9.81. The second kappa shape index (κ2) is 6.59. The molecule has 1 aromatic carbocycles. The summed E-state index contributed by atoms with van der Waals surface area (Å²) >= 11 is 0. The van der Waals surface area contributed by atoms with Gasteiger partial charge in [-0.2, -0.15) is 0 Å². The highest BCUT2D eigenvalue weighted by Crippen LogP contribution is 2.42. The summed E-state index contributed by atoms with van der Waals surface area (Å²) in [5, 5.41) is 2.40. The van der Waals surface area contributed by atoms with Crippen LogP contribution in [0.15, 0.2) is 23.2 Å². The minimum absolute atomic E-state index is 0. The Labute approximate surface area is 130 Å². The fourth-order valence-electron chi connectivity index (χ4n) is 1.91. The molecule has 3 nitrogen and oxygen atoms in total. The Kier molecular flexibility index (Phi) is 5.60. The second-order valence-electron chi connectivity index (χ2n) is 4.61. The van der Waals surface area contributed by atoms with Crippen molar-refractivity contribution in [3.8, 4) is 0 Å². The van der Waals surface area contributed by atoms with E-state index in [9.17, 15) is 17.6 Å². The summed E-state index contributed by atoms with van der Waals surface area (Å²) in [4.78, 5) is 3.84. The molecule has 0 radical (unpaired) electrons. The van der Waals surface area contributed by atoms with E-state index in [-0.39, 0.29) is 60.9 Å². The minimum atomic E-state index is -2.60. The number of aliphatic imine (C=N–C) groups is 1. The maximum absolute atomic E-state index is 13.3. The number of rotatable bonds is 3. The van der Waals surface area contributed by atoms with E-state index >= 15 is 0 Å². The predicted molar refractivity (Wildman–Crippen MR) is 79.6 cm³/mol. The van der Waals surface area contributed by atoms with E-state index in [2.05, 4.69) is 10.3 Å². The quantitative estimate of drug-likeness (QED) is 0.352. The molecule has 0 spiro atoms. The fraction of sp³-hybridized carbons (Fsp3) is 0.417. The maximum atomic E-state index is 13.3. The highest BCUT2D eigenvalue weighted by Gasteiger charge is 2.44. The topological polar surface area (TPSA) is 50.4 Å². The molecular weight excluding hydrogens is 389 g/mol. The van der Waals surface area contributed by atoms with E-state index in [0.717, 1.165) is 18.2 Å². The van der Waals surface area contributed by atoms with Crippen LogP contribution >= 0.6 is 24.0 Å². The number of nitrogens with two attached hydrogens (primary N) is 1. The van der Waals surface area contributed by atoms with Gasteiger partial charge in [-0.25, -0.2) is 17.6 Å². The molecule has 20 heavy (non-hydrogen) atoms. The molecule has 0 aromatic heterocycles. The summed E-state index contributed by atoms with van der Waals surface area (Å²) in [5.74, 6) is -4.23. The van der Waals surface area contributed by atoms with Gasteiger partial charge < -0.3 is 11.1 Å². The first-order valence-corrected chi connectivity index (χ1v) is 5.75. The molecular formula is C12H14F4IN3. The monoisotopic (exact) mass is 403 g/mol. The summed E-state index contributed by atoms with van der Waals surface area (Å²) in [7, 11) is 0. The normalized spacial score (nSPS) is 18.1. The van der Waals surface area contributed by atoms with Crippen molar-refractivity contribution in [2.75, 3.05) is 11.9 Å². The van der Waals surface area contributed by atoms with Crippen molar-refractivity contribution in [3.63, 3.8) is 0 Å². The molecule has 0 unspecified atom stereocenters. The van der Waals surface area contributed by atoms with E-state index in [0.29, 0.717) is 0 Å². The number of guanidine groups is 1. The van der Waals surface area contributed by atoms with E-state index in [1.54, 1.807) is 0 Å². The summed E-state index contributed by atoms with van der Waals surface area (Å²) in [6, 6.07) is 2.87. The number of benzene rings is 1. The van der Waals surface area contributed by atoms with Gasteiger partial charge in [-0.1, -0.05) is 0 Å². The Bertz CT molecular complexity index is 499. The highest BCUT2D eigenvalue weighted by atomic mass is 127. The van der Waals surface area contributed by atoms with Gasteiger partial charge in [-0.3, -0.25) is 4.99 Å². The van der Waals surface area contributed by atoms with Crippen molar-refractivity contribution in [3.05, 3.63) is 29.8 Å². The second-order valence-corrected chi connectivity index (χ2v) is 4.61. The zero-order chi connectivity index (χ0) is 14.0. The van der Waals surface area contributed by atoms with Gasteiger partial charge in [0.05, 0.1) is 5.69 Å². The lowest BCUT2D eigenvalue weighted by Gasteiger charge is -2.33. The van der Waals surface area contributed by atoms with Crippen molar-refractivity contribution in [2.45, 2.75) is 18.8 Å². The van der Waals surface area contributed by atoms with Crippen LogP contribution in [0.25, 0.3) is 0 Å². The first-order chi connectivity index (χ1) is 8.85. The molecule has 1 fully saturated rings. The molecule has 1 saturated carbocycles. The highest BCUT2D eigenvalue weighted by molar-refractivity contribution is 14.0. The van der Waals surface area contributed by atoms with E-state index in [1.807, 2.05) is 0 Å². The van der Waals surface area contributed by atoms with Crippen LogP contribution in [0.3, 0.4) is 0 Å². The molecule has 0 amide bonds. The third-order valence-electron chi connectivity index (χ3n) is 2.89. The Morgan fingerprint density at radius 2 is 2.00 bits per heavy atom. The number of halogens is 5. The fourth-order valence-corrected chi connectivity index (χ4v) is 1.91. The summed E-state index contributed by atoms with van der Waals surface area (Å²) in [6.45, 7) is 0.144. The van der Waals surface area contributed by atoms with Gasteiger partial charge in [0.15, 0.2) is 5.96 Å². The molecule has 2 rings (SSSR count). The largest absolute Gasteiger partial charge is 0.370 e. The number of anilines is 1. The van der Waals surface area contributed by atoms with Crippen LogP contribution in [0.5, 0.6) is 0 Å². The van der Waals surface area contributed by atoms with Gasteiger partial charge >= 0.3 is 0 Å². The predicted octanol–water partition coefficient (Wildman–Crippen LogP) is 3.35. The number of nitrogens with one attached hydrogen (secondary N) is 1. The number of hydrogen-bond donors (Lipinski definition) is 2. The minimum Gasteiger partial charge on any atom is -0.370 e. The van der Waals surface area contributed by atoms with Gasteiger partial charge in [-0.15, -0.1) is 24.0 Å². The van der Waals surface area contributed by atoms with Crippen molar-refractivity contribution >= 4 is 35.6 Å². The van der Waals surface area contributed by atoms with Crippen LogP contribution in [-0.4, -0.2) is 18.4 Å². The number of alkyl halides is 2. The van der Waals surface area contributed by atoms with Crippen molar-refractivity contribution < 1.29 is 17.6 Å². The van der Waals surface area contributed by atoms with Crippen LogP contribution in [0.1, 0.15) is 12.8 Å². The molecule has 0 heterocycles. The van der Waals surface area contributed by atoms with Crippen LogP contribution in [0, 0.1) is 17.6 Å². The SMILES string of the molecule is I.NC(=NCC1CC(F)(F)C1)Nc1cc(F)ccc1F. The first-order valence-electron chi connectivity index (χ1n) is 5.75. The van der Waals surface area contributed by atoms with Gasteiger partial charge in [-0.05, 0) is 18.1 Å². The molecule has 0 aliphatic heterocycles. The maximum Gasteiger partial charge on any atom is 0.248 e. The van der Waals surface area contributed by atoms with Crippen LogP contribution in [0.4, 0.5) is 23.2 Å². The summed E-state index contributed by atoms with van der Waals surface area (Å²) in [5.41, 5.74) is 5.34. The third-order valence-corrected chi connectivity index (χ3v) is 2.89. The van der Waals surface area contributed by atoms with E-state index in [4.69, 9.17) is 5.73 Å². The molecule has 0 atom stereocenters. The molecule has 8 heteroatoms. The Hall–Kier alpha value is -1.06. The third kappa shape index (κ3) is 4.50. The molecule has 112 valence electrons. The molecule has 3 N–H and O–H groups in total. The Morgan fingerprint density at radius 1 is 1.35 bits per heavy atom.